The minimum absolute atomic E-state index is 0.554. The molecule has 0 atom stereocenters. The number of aromatic nitrogens is 2. The minimum Gasteiger partial charge on any atom is -0.375 e. The Bertz CT molecular complexity index is 470. The molecule has 0 bridgehead atoms. The summed E-state index contributed by atoms with van der Waals surface area (Å²) < 4.78 is 5.03. The van der Waals surface area contributed by atoms with Crippen molar-refractivity contribution in [2.45, 2.75) is 18.4 Å². The molecule has 0 aliphatic carbocycles. The number of hydrogen-bond acceptors (Lipinski definition) is 5. The molecule has 1 aromatic heterocycles. The molecule has 0 aliphatic rings. The summed E-state index contributed by atoms with van der Waals surface area (Å²) in [5, 5.41) is 7.02. The Balaban J connectivity index is 2.04. The summed E-state index contributed by atoms with van der Waals surface area (Å²) in [4.78, 5) is 5.34. The topological polar surface area (TPSA) is 51.0 Å². The number of rotatable bonds is 4. The maximum atomic E-state index is 5.03. The molecule has 0 unspecified atom stereocenters. The second-order valence-corrected chi connectivity index (χ2v) is 4.14. The van der Waals surface area contributed by atoms with E-state index < -0.39 is 0 Å². The average molecular weight is 235 g/mol. The molecule has 1 N–H and O–H groups in total. The van der Waals surface area contributed by atoms with Gasteiger partial charge >= 0.3 is 0 Å². The van der Waals surface area contributed by atoms with Gasteiger partial charge in [0.05, 0.1) is 6.54 Å². The lowest BCUT2D eigenvalue weighted by molar-refractivity contribution is 0.379. The van der Waals surface area contributed by atoms with E-state index in [1.165, 1.54) is 4.90 Å². The predicted molar refractivity (Wildman–Crippen MR) is 64.6 cm³/mol. The molecule has 1 aromatic carbocycles. The van der Waals surface area contributed by atoms with Gasteiger partial charge in [-0.3, -0.25) is 0 Å². The van der Waals surface area contributed by atoms with Gasteiger partial charge in [-0.25, -0.2) is 0 Å². The first-order valence-corrected chi connectivity index (χ1v) is 6.18. The molecule has 0 aliphatic heterocycles. The summed E-state index contributed by atoms with van der Waals surface area (Å²) in [7, 11) is 0. The third-order valence-corrected chi connectivity index (χ3v) is 2.90. The standard InChI is InChI=1S/C11H13N3OS/c1-8-13-11(15-14-8)7-12-9-5-3-4-6-10(9)16-2/h3-6,12H,7H2,1-2H3. The maximum Gasteiger partial charge on any atom is 0.245 e. The molecule has 0 saturated carbocycles. The van der Waals surface area contributed by atoms with Crippen LogP contribution in [0.25, 0.3) is 0 Å². The maximum absolute atomic E-state index is 5.03. The van der Waals surface area contributed by atoms with E-state index in [4.69, 9.17) is 4.52 Å². The van der Waals surface area contributed by atoms with E-state index >= 15 is 0 Å². The zero-order valence-corrected chi connectivity index (χ0v) is 10.0. The quantitative estimate of drug-likeness (QED) is 0.826. The van der Waals surface area contributed by atoms with Gasteiger partial charge in [-0.2, -0.15) is 4.98 Å². The number of thioether (sulfide) groups is 1. The zero-order chi connectivity index (χ0) is 11.4. The van der Waals surface area contributed by atoms with Crippen LogP contribution < -0.4 is 5.32 Å². The van der Waals surface area contributed by atoms with Crippen molar-refractivity contribution in [2.24, 2.45) is 0 Å². The van der Waals surface area contributed by atoms with Gasteiger partial charge in [0, 0.05) is 10.6 Å². The number of nitrogens with one attached hydrogen (secondary N) is 1. The first-order valence-electron chi connectivity index (χ1n) is 4.95. The second kappa shape index (κ2) is 5.03. The summed E-state index contributed by atoms with van der Waals surface area (Å²) in [5.74, 6) is 1.27. The number of nitrogens with zero attached hydrogens (tertiary/aromatic N) is 2. The van der Waals surface area contributed by atoms with Crippen molar-refractivity contribution in [2.75, 3.05) is 11.6 Å². The van der Waals surface area contributed by atoms with Gasteiger partial charge in [0.25, 0.3) is 0 Å². The van der Waals surface area contributed by atoms with Crippen molar-refractivity contribution in [1.82, 2.24) is 10.1 Å². The first kappa shape index (κ1) is 11.0. The largest absolute Gasteiger partial charge is 0.375 e. The van der Waals surface area contributed by atoms with Gasteiger partial charge in [0.1, 0.15) is 0 Å². The van der Waals surface area contributed by atoms with Crippen LogP contribution in [0.15, 0.2) is 33.7 Å². The minimum atomic E-state index is 0.554. The summed E-state index contributed by atoms with van der Waals surface area (Å²) in [6, 6.07) is 8.14. The van der Waals surface area contributed by atoms with E-state index in [9.17, 15) is 0 Å². The Hall–Kier alpha value is -1.49. The molecule has 0 fully saturated rings. The van der Waals surface area contributed by atoms with Crippen LogP contribution >= 0.6 is 11.8 Å². The van der Waals surface area contributed by atoms with E-state index in [1.807, 2.05) is 25.1 Å². The number of hydrogen-bond donors (Lipinski definition) is 1. The Morgan fingerprint density at radius 3 is 2.88 bits per heavy atom. The molecule has 0 radical (unpaired) electrons. The van der Waals surface area contributed by atoms with Crippen LogP contribution in [-0.2, 0) is 6.54 Å². The van der Waals surface area contributed by atoms with Gasteiger partial charge < -0.3 is 9.84 Å². The van der Waals surface area contributed by atoms with Crippen LogP contribution in [0.4, 0.5) is 5.69 Å². The van der Waals surface area contributed by atoms with Crippen LogP contribution in [0.1, 0.15) is 11.7 Å². The van der Waals surface area contributed by atoms with Crippen molar-refractivity contribution < 1.29 is 4.52 Å². The summed E-state index contributed by atoms with van der Waals surface area (Å²) in [5.41, 5.74) is 1.09. The van der Waals surface area contributed by atoms with Crippen molar-refractivity contribution in [3.63, 3.8) is 0 Å². The molecule has 2 rings (SSSR count). The first-order chi connectivity index (χ1) is 7.79. The molecule has 5 heteroatoms. The van der Waals surface area contributed by atoms with E-state index in [0.29, 0.717) is 18.3 Å². The van der Waals surface area contributed by atoms with Gasteiger partial charge in [-0.1, -0.05) is 17.3 Å². The van der Waals surface area contributed by atoms with Crippen molar-refractivity contribution in [1.29, 1.82) is 0 Å². The SMILES string of the molecule is CSc1ccccc1NCc1nc(C)no1. The number of aryl methyl sites for hydroxylation is 1. The monoisotopic (exact) mass is 235 g/mol. The van der Waals surface area contributed by atoms with Gasteiger partial charge in [0.2, 0.25) is 5.89 Å². The Morgan fingerprint density at radius 1 is 1.38 bits per heavy atom. The number of para-hydroxylation sites is 1. The van der Waals surface area contributed by atoms with Crippen molar-refractivity contribution >= 4 is 17.4 Å². The number of benzene rings is 1. The Morgan fingerprint density at radius 2 is 2.19 bits per heavy atom. The van der Waals surface area contributed by atoms with E-state index in [-0.39, 0.29) is 0 Å². The lowest BCUT2D eigenvalue weighted by atomic mass is 10.3. The van der Waals surface area contributed by atoms with E-state index in [2.05, 4.69) is 27.8 Å². The van der Waals surface area contributed by atoms with Gasteiger partial charge in [-0.15, -0.1) is 11.8 Å². The highest BCUT2D eigenvalue weighted by Gasteiger charge is 2.04. The molecule has 0 amide bonds. The molecule has 2 aromatic rings. The highest BCUT2D eigenvalue weighted by molar-refractivity contribution is 7.98. The predicted octanol–water partition coefficient (Wildman–Crippen LogP) is 2.71. The highest BCUT2D eigenvalue weighted by Crippen LogP contribution is 2.24. The molecule has 1 heterocycles. The summed E-state index contributed by atoms with van der Waals surface area (Å²) >= 11 is 1.71. The summed E-state index contributed by atoms with van der Waals surface area (Å²) in [6.45, 7) is 2.36. The van der Waals surface area contributed by atoms with Crippen LogP contribution in [0.5, 0.6) is 0 Å². The molecule has 4 nitrogen and oxygen atoms in total. The lowest BCUT2D eigenvalue weighted by Gasteiger charge is -2.07. The molecule has 0 spiro atoms. The molecule has 84 valence electrons. The van der Waals surface area contributed by atoms with Gasteiger partial charge in [-0.05, 0) is 25.3 Å². The molecular formula is C11H13N3OS. The van der Waals surface area contributed by atoms with Gasteiger partial charge in [0.15, 0.2) is 5.82 Å². The Labute approximate surface area is 98.4 Å². The summed E-state index contributed by atoms with van der Waals surface area (Å²) in [6.07, 6.45) is 2.05. The third-order valence-electron chi connectivity index (χ3n) is 2.11. The fourth-order valence-electron chi connectivity index (χ4n) is 1.37. The lowest BCUT2D eigenvalue weighted by Crippen LogP contribution is -2.00. The highest BCUT2D eigenvalue weighted by atomic mass is 32.2. The molecule has 16 heavy (non-hydrogen) atoms. The molecular weight excluding hydrogens is 222 g/mol. The average Bonchev–Trinajstić information content (AvgIpc) is 2.73. The third kappa shape index (κ3) is 2.55. The number of anilines is 1. The van der Waals surface area contributed by atoms with Crippen LogP contribution in [0, 0.1) is 6.92 Å². The zero-order valence-electron chi connectivity index (χ0n) is 9.23. The van der Waals surface area contributed by atoms with E-state index in [1.54, 1.807) is 11.8 Å². The fraction of sp³-hybridized carbons (Fsp3) is 0.273. The van der Waals surface area contributed by atoms with Crippen molar-refractivity contribution in [3.05, 3.63) is 36.0 Å². The second-order valence-electron chi connectivity index (χ2n) is 3.29. The van der Waals surface area contributed by atoms with Crippen LogP contribution in [-0.4, -0.2) is 16.4 Å². The fourth-order valence-corrected chi connectivity index (χ4v) is 1.95. The smallest absolute Gasteiger partial charge is 0.245 e. The van der Waals surface area contributed by atoms with Crippen LogP contribution in [0.2, 0.25) is 0 Å². The van der Waals surface area contributed by atoms with E-state index in [0.717, 1.165) is 5.69 Å². The molecule has 0 saturated heterocycles. The van der Waals surface area contributed by atoms with Crippen molar-refractivity contribution in [3.8, 4) is 0 Å². The Kier molecular flexibility index (Phi) is 3.46. The van der Waals surface area contributed by atoms with Crippen LogP contribution in [0.3, 0.4) is 0 Å². The normalized spacial score (nSPS) is 10.4.